The van der Waals surface area contributed by atoms with Crippen LogP contribution in [-0.2, 0) is 9.59 Å². The minimum absolute atomic E-state index is 0.197. The van der Waals surface area contributed by atoms with Crippen molar-refractivity contribution < 1.29 is 19.5 Å². The molecule has 2 rings (SSSR count). The van der Waals surface area contributed by atoms with E-state index in [1.807, 2.05) is 0 Å². The molecule has 2 fully saturated rings. The van der Waals surface area contributed by atoms with Crippen LogP contribution in [0.3, 0.4) is 0 Å². The number of carboxylic acid groups (broad SMARTS) is 1. The largest absolute Gasteiger partial charge is 0.480 e. The SMILES string of the molecule is O=C(O)CNC(=O)CNC(=O)N1CCN2CCCCC2C1. The van der Waals surface area contributed by atoms with E-state index in [0.29, 0.717) is 19.1 Å². The first-order valence-corrected chi connectivity index (χ1v) is 7.31. The zero-order chi connectivity index (χ0) is 15.2. The second-order valence-corrected chi connectivity index (χ2v) is 5.46. The number of amides is 3. The quantitative estimate of drug-likeness (QED) is 0.622. The fourth-order valence-electron chi connectivity index (χ4n) is 2.84. The van der Waals surface area contributed by atoms with E-state index in [-0.39, 0.29) is 12.6 Å². The number of carbonyl (C=O) groups is 3. The molecule has 2 aliphatic rings. The van der Waals surface area contributed by atoms with Gasteiger partial charge in [-0.25, -0.2) is 4.79 Å². The zero-order valence-electron chi connectivity index (χ0n) is 12.0. The van der Waals surface area contributed by atoms with Crippen molar-refractivity contribution in [3.05, 3.63) is 0 Å². The van der Waals surface area contributed by atoms with Gasteiger partial charge >= 0.3 is 12.0 Å². The highest BCUT2D eigenvalue weighted by Crippen LogP contribution is 2.20. The summed E-state index contributed by atoms with van der Waals surface area (Å²) in [7, 11) is 0. The van der Waals surface area contributed by atoms with Crippen LogP contribution in [0.2, 0.25) is 0 Å². The van der Waals surface area contributed by atoms with Crippen molar-refractivity contribution in [2.45, 2.75) is 25.3 Å². The maximum absolute atomic E-state index is 12.0. The molecule has 0 bridgehead atoms. The van der Waals surface area contributed by atoms with Crippen LogP contribution in [-0.4, -0.2) is 78.1 Å². The minimum Gasteiger partial charge on any atom is -0.480 e. The van der Waals surface area contributed by atoms with Gasteiger partial charge in [-0.3, -0.25) is 14.5 Å². The highest BCUT2D eigenvalue weighted by Gasteiger charge is 2.30. The molecule has 1 unspecified atom stereocenters. The molecular weight excluding hydrogens is 276 g/mol. The lowest BCUT2D eigenvalue weighted by atomic mass is 10.00. The van der Waals surface area contributed by atoms with Crippen LogP contribution in [0, 0.1) is 0 Å². The third kappa shape index (κ3) is 4.59. The Bertz CT molecular complexity index is 415. The molecule has 21 heavy (non-hydrogen) atoms. The average molecular weight is 298 g/mol. The second kappa shape index (κ2) is 7.26. The Balaban J connectivity index is 1.71. The Hall–Kier alpha value is -1.83. The normalized spacial score (nSPS) is 22.3. The first-order chi connectivity index (χ1) is 10.1. The first kappa shape index (κ1) is 15.6. The highest BCUT2D eigenvalue weighted by atomic mass is 16.4. The van der Waals surface area contributed by atoms with Gasteiger partial charge in [0.15, 0.2) is 0 Å². The van der Waals surface area contributed by atoms with Crippen molar-refractivity contribution in [3.63, 3.8) is 0 Å². The van der Waals surface area contributed by atoms with Crippen LogP contribution < -0.4 is 10.6 Å². The van der Waals surface area contributed by atoms with Crippen LogP contribution in [0.5, 0.6) is 0 Å². The third-order valence-electron chi connectivity index (χ3n) is 3.96. The number of nitrogens with zero attached hydrogens (tertiary/aromatic N) is 2. The van der Waals surface area contributed by atoms with E-state index in [1.54, 1.807) is 4.90 Å². The average Bonchev–Trinajstić information content (AvgIpc) is 2.50. The van der Waals surface area contributed by atoms with Crippen molar-refractivity contribution in [1.29, 1.82) is 0 Å². The van der Waals surface area contributed by atoms with E-state index >= 15 is 0 Å². The number of piperidine rings is 1. The van der Waals surface area contributed by atoms with Gasteiger partial charge in [0.05, 0.1) is 6.54 Å². The van der Waals surface area contributed by atoms with Crippen molar-refractivity contribution in [2.24, 2.45) is 0 Å². The van der Waals surface area contributed by atoms with Gasteiger partial charge in [-0.05, 0) is 19.4 Å². The summed E-state index contributed by atoms with van der Waals surface area (Å²) < 4.78 is 0. The number of hydrogen-bond acceptors (Lipinski definition) is 4. The monoisotopic (exact) mass is 298 g/mol. The molecule has 1 atom stereocenters. The smallest absolute Gasteiger partial charge is 0.322 e. The van der Waals surface area contributed by atoms with Crippen molar-refractivity contribution in [3.8, 4) is 0 Å². The van der Waals surface area contributed by atoms with Crippen LogP contribution in [0.15, 0.2) is 0 Å². The van der Waals surface area contributed by atoms with E-state index in [0.717, 1.165) is 19.5 Å². The molecule has 3 amide bonds. The number of rotatable bonds is 4. The number of hydrogen-bond donors (Lipinski definition) is 3. The Kier molecular flexibility index (Phi) is 5.38. The van der Waals surface area contributed by atoms with E-state index in [2.05, 4.69) is 15.5 Å². The second-order valence-electron chi connectivity index (χ2n) is 5.46. The van der Waals surface area contributed by atoms with Crippen molar-refractivity contribution >= 4 is 17.9 Å². The number of piperazine rings is 1. The molecule has 0 radical (unpaired) electrons. The number of urea groups is 1. The third-order valence-corrected chi connectivity index (χ3v) is 3.96. The summed E-state index contributed by atoms with van der Waals surface area (Å²) in [5.41, 5.74) is 0. The van der Waals surface area contributed by atoms with Crippen molar-refractivity contribution in [1.82, 2.24) is 20.4 Å². The van der Waals surface area contributed by atoms with Crippen LogP contribution in [0.1, 0.15) is 19.3 Å². The van der Waals surface area contributed by atoms with Gasteiger partial charge in [-0.15, -0.1) is 0 Å². The molecule has 0 spiro atoms. The van der Waals surface area contributed by atoms with Gasteiger partial charge < -0.3 is 20.6 Å². The van der Waals surface area contributed by atoms with Gasteiger partial charge in [0.1, 0.15) is 6.54 Å². The molecular formula is C13H22N4O4. The molecule has 2 aliphatic heterocycles. The minimum atomic E-state index is -1.11. The van der Waals surface area contributed by atoms with Crippen LogP contribution >= 0.6 is 0 Å². The summed E-state index contributed by atoms with van der Waals surface area (Å²) in [5, 5.41) is 13.2. The van der Waals surface area contributed by atoms with Crippen LogP contribution in [0.4, 0.5) is 4.79 Å². The summed E-state index contributed by atoms with van der Waals surface area (Å²) >= 11 is 0. The lowest BCUT2D eigenvalue weighted by Gasteiger charge is -2.43. The maximum atomic E-state index is 12.0. The van der Waals surface area contributed by atoms with Crippen LogP contribution in [0.25, 0.3) is 0 Å². The molecule has 2 saturated heterocycles. The van der Waals surface area contributed by atoms with Crippen molar-refractivity contribution in [2.75, 3.05) is 39.3 Å². The zero-order valence-corrected chi connectivity index (χ0v) is 12.0. The standard InChI is InChI=1S/C13H22N4O4/c18-11(14-8-12(19)20)7-15-13(21)17-6-5-16-4-2-1-3-10(16)9-17/h10H,1-9H2,(H,14,18)(H,15,21)(H,19,20). The Morgan fingerprint density at radius 3 is 2.62 bits per heavy atom. The first-order valence-electron chi connectivity index (χ1n) is 7.31. The summed E-state index contributed by atoms with van der Waals surface area (Å²) in [6, 6.07) is 0.171. The number of carbonyl (C=O) groups excluding carboxylic acids is 2. The van der Waals surface area contributed by atoms with Gasteiger partial charge in [0.2, 0.25) is 5.91 Å². The van der Waals surface area contributed by atoms with E-state index in [4.69, 9.17) is 5.11 Å². The van der Waals surface area contributed by atoms with E-state index < -0.39 is 18.4 Å². The molecule has 8 nitrogen and oxygen atoms in total. The van der Waals surface area contributed by atoms with E-state index in [9.17, 15) is 14.4 Å². The Labute approximate surface area is 123 Å². The number of nitrogens with one attached hydrogen (secondary N) is 2. The summed E-state index contributed by atoms with van der Waals surface area (Å²) in [6.45, 7) is 2.72. The number of carboxylic acids is 1. The predicted molar refractivity (Wildman–Crippen MR) is 74.8 cm³/mol. The Morgan fingerprint density at radius 2 is 1.86 bits per heavy atom. The molecule has 0 aromatic rings. The topological polar surface area (TPSA) is 102 Å². The maximum Gasteiger partial charge on any atom is 0.322 e. The number of aliphatic carboxylic acids is 1. The van der Waals surface area contributed by atoms with Gasteiger partial charge in [-0.1, -0.05) is 6.42 Å². The molecule has 118 valence electrons. The molecule has 0 aromatic carbocycles. The fourth-order valence-corrected chi connectivity index (χ4v) is 2.84. The summed E-state index contributed by atoms with van der Waals surface area (Å²) in [5.74, 6) is -1.61. The predicted octanol–water partition coefficient (Wildman–Crippen LogP) is -0.933. The molecule has 3 N–H and O–H groups in total. The molecule has 8 heteroatoms. The Morgan fingerprint density at radius 1 is 1.05 bits per heavy atom. The summed E-state index contributed by atoms with van der Waals surface area (Å²) in [6.07, 6.45) is 3.55. The highest BCUT2D eigenvalue weighted by molar-refractivity contribution is 5.86. The molecule has 2 heterocycles. The lowest BCUT2D eigenvalue weighted by Crippen LogP contribution is -2.58. The summed E-state index contributed by atoms with van der Waals surface area (Å²) in [4.78, 5) is 37.8. The van der Waals surface area contributed by atoms with Gasteiger partial charge in [0.25, 0.3) is 0 Å². The number of fused-ring (bicyclic) bond motifs is 1. The van der Waals surface area contributed by atoms with Gasteiger partial charge in [0, 0.05) is 25.7 Å². The van der Waals surface area contributed by atoms with E-state index in [1.165, 1.54) is 12.8 Å². The molecule has 0 saturated carbocycles. The molecule has 0 aliphatic carbocycles. The van der Waals surface area contributed by atoms with Gasteiger partial charge in [-0.2, -0.15) is 0 Å². The lowest BCUT2D eigenvalue weighted by molar-refractivity contribution is -0.137. The molecule has 0 aromatic heterocycles. The fraction of sp³-hybridized carbons (Fsp3) is 0.769.